The summed E-state index contributed by atoms with van der Waals surface area (Å²) >= 11 is 1.54. The van der Waals surface area contributed by atoms with Gasteiger partial charge in [0.25, 0.3) is 0 Å². The predicted molar refractivity (Wildman–Crippen MR) is 91.4 cm³/mol. The quantitative estimate of drug-likeness (QED) is 0.821. The van der Waals surface area contributed by atoms with Crippen LogP contribution in [0.15, 0.2) is 5.16 Å². The van der Waals surface area contributed by atoms with E-state index in [1.807, 2.05) is 0 Å². The molecule has 1 aromatic rings. The molecule has 4 bridgehead atoms. The molecule has 0 saturated heterocycles. The second-order valence-corrected chi connectivity index (χ2v) is 9.79. The van der Waals surface area contributed by atoms with E-state index >= 15 is 0 Å². The summed E-state index contributed by atoms with van der Waals surface area (Å²) in [5.74, 6) is 4.17. The van der Waals surface area contributed by atoms with Crippen molar-refractivity contribution >= 4 is 17.5 Å². The van der Waals surface area contributed by atoms with Gasteiger partial charge in [-0.1, -0.05) is 25.6 Å². The molecule has 126 valence electrons. The molecule has 4 fully saturated rings. The van der Waals surface area contributed by atoms with E-state index in [1.54, 1.807) is 0 Å². The van der Waals surface area contributed by atoms with Crippen LogP contribution in [0.2, 0.25) is 0 Å². The zero-order chi connectivity index (χ0) is 16.2. The molecule has 0 unspecified atom stereocenters. The van der Waals surface area contributed by atoms with E-state index in [2.05, 4.69) is 36.0 Å². The van der Waals surface area contributed by atoms with Gasteiger partial charge in [-0.25, -0.2) is 4.98 Å². The van der Waals surface area contributed by atoms with Crippen molar-refractivity contribution in [2.45, 2.75) is 75.6 Å². The fourth-order valence-corrected chi connectivity index (χ4v) is 6.55. The molecule has 5 rings (SSSR count). The summed E-state index contributed by atoms with van der Waals surface area (Å²) in [7, 11) is 0. The van der Waals surface area contributed by atoms with Crippen LogP contribution in [0.4, 0.5) is 0 Å². The van der Waals surface area contributed by atoms with E-state index in [0.717, 1.165) is 48.0 Å². The van der Waals surface area contributed by atoms with Crippen LogP contribution in [0.5, 0.6) is 0 Å². The Morgan fingerprint density at radius 1 is 1.13 bits per heavy atom. The van der Waals surface area contributed by atoms with Crippen molar-refractivity contribution in [2.75, 3.05) is 0 Å². The van der Waals surface area contributed by atoms with E-state index in [-0.39, 0.29) is 10.7 Å². The van der Waals surface area contributed by atoms with Crippen molar-refractivity contribution in [3.8, 4) is 0 Å². The second kappa shape index (κ2) is 5.61. The highest BCUT2D eigenvalue weighted by Gasteiger charge is 2.55. The van der Waals surface area contributed by atoms with Gasteiger partial charge in [-0.15, -0.1) is 5.10 Å². The first kappa shape index (κ1) is 15.7. The highest BCUT2D eigenvalue weighted by atomic mass is 32.2. The number of hydrogen-bond acceptors (Lipinski definition) is 4. The lowest BCUT2D eigenvalue weighted by molar-refractivity contribution is -0.142. The van der Waals surface area contributed by atoms with Gasteiger partial charge in [0.05, 0.1) is 5.25 Å². The van der Waals surface area contributed by atoms with Crippen LogP contribution in [0.3, 0.4) is 0 Å². The van der Waals surface area contributed by atoms with Crippen LogP contribution in [0, 0.1) is 23.2 Å². The maximum atomic E-state index is 13.3. The largest absolute Gasteiger partial charge is 0.298 e. The number of ketones is 1. The number of carbonyl (C=O) groups excluding carboxylic acids is 1. The molecule has 4 saturated carbocycles. The summed E-state index contributed by atoms with van der Waals surface area (Å²) in [4.78, 5) is 17.8. The number of hydrogen-bond donors (Lipinski definition) is 1. The Hall–Kier alpha value is -0.840. The number of nitrogens with zero attached hydrogens (tertiary/aromatic N) is 2. The summed E-state index contributed by atoms with van der Waals surface area (Å²) < 4.78 is 0. The number of aromatic nitrogens is 3. The van der Waals surface area contributed by atoms with Gasteiger partial charge in [0, 0.05) is 11.3 Å². The van der Waals surface area contributed by atoms with Gasteiger partial charge in [0.15, 0.2) is 5.78 Å². The minimum Gasteiger partial charge on any atom is -0.298 e. The fourth-order valence-electron chi connectivity index (χ4n) is 5.62. The van der Waals surface area contributed by atoms with Gasteiger partial charge < -0.3 is 0 Å². The second-order valence-electron chi connectivity index (χ2n) is 8.48. The Kier molecular flexibility index (Phi) is 3.82. The molecule has 23 heavy (non-hydrogen) atoms. The smallest absolute Gasteiger partial charge is 0.209 e. The topological polar surface area (TPSA) is 58.6 Å². The van der Waals surface area contributed by atoms with Crippen LogP contribution >= 0.6 is 11.8 Å². The predicted octanol–water partition coefficient (Wildman–Crippen LogP) is 4.19. The highest BCUT2D eigenvalue weighted by molar-refractivity contribution is 8.00. The molecular weight excluding hydrogens is 306 g/mol. The standard InChI is InChI=1S/C18H27N3OS/c1-10(2)16-19-17(21-20-16)23-11(3)15(22)18-7-12-4-13(8-18)6-14(5-12)9-18/h10-14H,4-9H2,1-3H3,(H,19,20,21)/t11-,12?,13?,14?,18?/m1/s1. The average Bonchev–Trinajstić information content (AvgIpc) is 2.93. The van der Waals surface area contributed by atoms with Crippen LogP contribution in [-0.2, 0) is 4.79 Å². The van der Waals surface area contributed by atoms with Gasteiger partial charge in [0.1, 0.15) is 5.82 Å². The number of Topliss-reactive ketones (excluding diaryl/α,β-unsaturated/α-hetero) is 1. The van der Waals surface area contributed by atoms with E-state index < -0.39 is 0 Å². The molecule has 0 spiro atoms. The lowest BCUT2D eigenvalue weighted by Gasteiger charge is -2.56. The molecule has 0 aliphatic heterocycles. The van der Waals surface area contributed by atoms with E-state index in [9.17, 15) is 4.79 Å². The molecule has 1 aromatic heterocycles. The minimum absolute atomic E-state index is 0.0155. The summed E-state index contributed by atoms with van der Waals surface area (Å²) in [6.07, 6.45) is 7.59. The van der Waals surface area contributed by atoms with Gasteiger partial charge in [-0.05, 0) is 63.2 Å². The minimum atomic E-state index is -0.0398. The normalized spacial score (nSPS) is 36.6. The summed E-state index contributed by atoms with van der Waals surface area (Å²) in [6.45, 7) is 6.24. The molecule has 0 amide bonds. The van der Waals surface area contributed by atoms with Gasteiger partial charge in [-0.2, -0.15) is 0 Å². The van der Waals surface area contributed by atoms with Gasteiger partial charge in [-0.3, -0.25) is 9.89 Å². The molecule has 0 aromatic carbocycles. The van der Waals surface area contributed by atoms with Gasteiger partial charge >= 0.3 is 0 Å². The Labute approximate surface area is 142 Å². The number of rotatable bonds is 5. The van der Waals surface area contributed by atoms with Gasteiger partial charge in [0.2, 0.25) is 5.16 Å². The molecule has 1 N–H and O–H groups in total. The third kappa shape index (κ3) is 2.75. The number of nitrogens with one attached hydrogen (secondary N) is 1. The van der Waals surface area contributed by atoms with Crippen molar-refractivity contribution in [3.05, 3.63) is 5.82 Å². The number of aromatic amines is 1. The lowest BCUT2D eigenvalue weighted by atomic mass is 9.48. The van der Waals surface area contributed by atoms with E-state index in [0.29, 0.717) is 11.7 Å². The molecule has 4 nitrogen and oxygen atoms in total. The van der Waals surface area contributed by atoms with Crippen molar-refractivity contribution in [2.24, 2.45) is 23.2 Å². The first-order chi connectivity index (χ1) is 10.9. The average molecular weight is 334 g/mol. The molecular formula is C18H27N3OS. The zero-order valence-corrected chi connectivity index (χ0v) is 15.2. The number of thioether (sulfide) groups is 1. The van der Waals surface area contributed by atoms with Crippen molar-refractivity contribution in [3.63, 3.8) is 0 Å². The molecule has 5 heteroatoms. The van der Waals surface area contributed by atoms with Crippen LogP contribution < -0.4 is 0 Å². The van der Waals surface area contributed by atoms with E-state index in [1.165, 1.54) is 31.0 Å². The SMILES string of the molecule is CC(C)c1nc(S[C@H](C)C(=O)C23CC4CC(CC(C4)C2)C3)n[nH]1. The summed E-state index contributed by atoms with van der Waals surface area (Å²) in [5, 5.41) is 7.95. The third-order valence-electron chi connectivity index (χ3n) is 6.24. The van der Waals surface area contributed by atoms with Crippen molar-refractivity contribution < 1.29 is 4.79 Å². The monoisotopic (exact) mass is 333 g/mol. The van der Waals surface area contributed by atoms with Crippen LogP contribution in [0.1, 0.15) is 71.0 Å². The maximum Gasteiger partial charge on any atom is 0.209 e. The first-order valence-corrected chi connectivity index (χ1v) is 9.96. The Morgan fingerprint density at radius 3 is 2.17 bits per heavy atom. The summed E-state index contributed by atoms with van der Waals surface area (Å²) in [5.41, 5.74) is -0.0155. The highest BCUT2D eigenvalue weighted by Crippen LogP contribution is 2.61. The number of carbonyl (C=O) groups is 1. The first-order valence-electron chi connectivity index (χ1n) is 9.08. The molecule has 0 radical (unpaired) electrons. The van der Waals surface area contributed by atoms with Crippen molar-refractivity contribution in [1.29, 1.82) is 0 Å². The Balaban J connectivity index is 1.47. The lowest BCUT2D eigenvalue weighted by Crippen LogP contribution is -2.51. The Bertz CT molecular complexity index is 574. The van der Waals surface area contributed by atoms with Crippen LogP contribution in [-0.4, -0.2) is 26.2 Å². The molecule has 1 heterocycles. The van der Waals surface area contributed by atoms with Crippen LogP contribution in [0.25, 0.3) is 0 Å². The molecule has 4 aliphatic rings. The maximum absolute atomic E-state index is 13.3. The fraction of sp³-hybridized carbons (Fsp3) is 0.833. The molecule has 1 atom stereocenters. The van der Waals surface area contributed by atoms with Crippen molar-refractivity contribution in [1.82, 2.24) is 15.2 Å². The van der Waals surface area contributed by atoms with E-state index in [4.69, 9.17) is 0 Å². The third-order valence-corrected chi connectivity index (χ3v) is 7.20. The molecule has 4 aliphatic carbocycles. The summed E-state index contributed by atoms with van der Waals surface area (Å²) in [6, 6.07) is 0. The zero-order valence-electron chi connectivity index (χ0n) is 14.3. The Morgan fingerprint density at radius 2 is 1.70 bits per heavy atom. The number of H-pyrrole nitrogens is 1.